The van der Waals surface area contributed by atoms with Crippen molar-refractivity contribution in [1.82, 2.24) is 29.3 Å². The maximum atomic E-state index is 12.4. The molecule has 0 radical (unpaired) electrons. The normalized spacial score (nSPS) is 11.0. The lowest BCUT2D eigenvalue weighted by atomic mass is 10.3. The van der Waals surface area contributed by atoms with Crippen molar-refractivity contribution >= 4 is 46.0 Å². The molecule has 32 heavy (non-hydrogen) atoms. The van der Waals surface area contributed by atoms with Crippen LogP contribution in [-0.2, 0) is 23.2 Å². The Labute approximate surface area is 188 Å². The highest BCUT2D eigenvalue weighted by molar-refractivity contribution is 7.99. The summed E-state index contributed by atoms with van der Waals surface area (Å²) in [6.07, 6.45) is 3.46. The van der Waals surface area contributed by atoms with E-state index < -0.39 is 0 Å². The minimum atomic E-state index is -0.163. The minimum Gasteiger partial charge on any atom is -0.334 e. The number of rotatable bonds is 7. The summed E-state index contributed by atoms with van der Waals surface area (Å²) in [7, 11) is 1.93. The number of nitrogens with zero attached hydrogens (tertiary/aromatic N) is 6. The fourth-order valence-corrected chi connectivity index (χ4v) is 3.99. The largest absolute Gasteiger partial charge is 0.334 e. The average molecular weight is 451 g/mol. The highest BCUT2D eigenvalue weighted by Gasteiger charge is 2.16. The van der Waals surface area contributed by atoms with E-state index in [1.54, 1.807) is 36.8 Å². The first kappa shape index (κ1) is 21.5. The first-order valence-electron chi connectivity index (χ1n) is 9.95. The number of pyridine rings is 1. The number of nitrogens with one attached hydrogen (secondary N) is 2. The van der Waals surface area contributed by atoms with E-state index >= 15 is 0 Å². The van der Waals surface area contributed by atoms with Gasteiger partial charge in [0.1, 0.15) is 11.2 Å². The molecule has 2 N–H and O–H groups in total. The van der Waals surface area contributed by atoms with Gasteiger partial charge in [-0.25, -0.2) is 4.98 Å². The Morgan fingerprint density at radius 3 is 2.47 bits per heavy atom. The van der Waals surface area contributed by atoms with Crippen LogP contribution in [0.15, 0.2) is 48.0 Å². The fourth-order valence-electron chi connectivity index (χ4n) is 3.19. The number of carbonyl (C=O) groups is 2. The van der Waals surface area contributed by atoms with Gasteiger partial charge in [-0.1, -0.05) is 11.8 Å². The Morgan fingerprint density at radius 1 is 1.06 bits per heavy atom. The van der Waals surface area contributed by atoms with E-state index in [-0.39, 0.29) is 17.6 Å². The van der Waals surface area contributed by atoms with Crippen LogP contribution in [0.1, 0.15) is 13.8 Å². The molecule has 3 aromatic heterocycles. The summed E-state index contributed by atoms with van der Waals surface area (Å²) in [6.45, 7) is 4.08. The van der Waals surface area contributed by atoms with E-state index in [9.17, 15) is 9.59 Å². The maximum absolute atomic E-state index is 12.4. The first-order valence-corrected chi connectivity index (χ1v) is 10.9. The fraction of sp³-hybridized carbons (Fsp3) is 0.238. The summed E-state index contributed by atoms with van der Waals surface area (Å²) >= 11 is 1.31. The van der Waals surface area contributed by atoms with Crippen LogP contribution in [0.3, 0.4) is 0 Å². The number of carbonyl (C=O) groups excluding carboxylic acids is 2. The van der Waals surface area contributed by atoms with Gasteiger partial charge < -0.3 is 19.8 Å². The van der Waals surface area contributed by atoms with Crippen LogP contribution in [0.5, 0.6) is 0 Å². The molecule has 4 aromatic rings. The number of amides is 2. The molecule has 3 heterocycles. The van der Waals surface area contributed by atoms with E-state index in [2.05, 4.69) is 30.8 Å². The van der Waals surface area contributed by atoms with Crippen LogP contribution in [0.2, 0.25) is 0 Å². The van der Waals surface area contributed by atoms with Crippen LogP contribution in [-0.4, -0.2) is 46.9 Å². The quantitative estimate of drug-likeness (QED) is 0.415. The van der Waals surface area contributed by atoms with Crippen LogP contribution in [0.25, 0.3) is 22.6 Å². The third-order valence-electron chi connectivity index (χ3n) is 4.70. The van der Waals surface area contributed by atoms with Crippen molar-refractivity contribution in [1.29, 1.82) is 0 Å². The first-order chi connectivity index (χ1) is 15.4. The predicted molar refractivity (Wildman–Crippen MR) is 123 cm³/mol. The predicted octanol–water partition coefficient (Wildman–Crippen LogP) is 2.94. The summed E-state index contributed by atoms with van der Waals surface area (Å²) in [6, 6.07) is 8.87. The molecule has 0 atom stereocenters. The average Bonchev–Trinajstić information content (AvgIpc) is 3.36. The zero-order valence-corrected chi connectivity index (χ0v) is 18.7. The number of imidazole rings is 1. The molecular formula is C21H22N8O2S. The molecule has 0 saturated heterocycles. The summed E-state index contributed by atoms with van der Waals surface area (Å²) < 4.78 is 3.86. The maximum Gasteiger partial charge on any atom is 0.234 e. The Kier molecular flexibility index (Phi) is 6.17. The number of benzene rings is 1. The number of aromatic nitrogens is 6. The molecule has 0 fully saturated rings. The second kappa shape index (κ2) is 9.18. The SMILES string of the molecule is CCn1c(SCC(=O)Nc2ccc(NC(C)=O)cc2)nnc1-c1cc2c(cn1)ncn2C. The minimum absolute atomic E-state index is 0.145. The molecule has 0 aliphatic carbocycles. The molecule has 164 valence electrons. The van der Waals surface area contributed by atoms with Gasteiger partial charge in [0.15, 0.2) is 11.0 Å². The lowest BCUT2D eigenvalue weighted by Crippen LogP contribution is -2.14. The molecular weight excluding hydrogens is 428 g/mol. The van der Waals surface area contributed by atoms with Crippen LogP contribution < -0.4 is 10.6 Å². The molecule has 2 amide bonds. The number of anilines is 2. The van der Waals surface area contributed by atoms with Gasteiger partial charge in [-0.3, -0.25) is 14.6 Å². The van der Waals surface area contributed by atoms with E-state index in [0.29, 0.717) is 34.6 Å². The van der Waals surface area contributed by atoms with Crippen LogP contribution >= 0.6 is 11.8 Å². The number of thioether (sulfide) groups is 1. The van der Waals surface area contributed by atoms with Gasteiger partial charge in [0.2, 0.25) is 11.8 Å². The van der Waals surface area contributed by atoms with Crippen molar-refractivity contribution in [2.75, 3.05) is 16.4 Å². The van der Waals surface area contributed by atoms with Gasteiger partial charge in [0.05, 0.1) is 23.8 Å². The smallest absolute Gasteiger partial charge is 0.234 e. The molecule has 0 unspecified atom stereocenters. The van der Waals surface area contributed by atoms with E-state index in [1.807, 2.05) is 29.2 Å². The molecule has 11 heteroatoms. The van der Waals surface area contributed by atoms with Crippen molar-refractivity contribution in [3.63, 3.8) is 0 Å². The summed E-state index contributed by atoms with van der Waals surface area (Å²) in [5.74, 6) is 0.517. The van der Waals surface area contributed by atoms with Crippen molar-refractivity contribution in [3.05, 3.63) is 42.9 Å². The van der Waals surface area contributed by atoms with Crippen molar-refractivity contribution < 1.29 is 9.59 Å². The lowest BCUT2D eigenvalue weighted by molar-refractivity contribution is -0.114. The molecule has 0 bridgehead atoms. The highest BCUT2D eigenvalue weighted by Crippen LogP contribution is 2.25. The van der Waals surface area contributed by atoms with Crippen LogP contribution in [0.4, 0.5) is 11.4 Å². The summed E-state index contributed by atoms with van der Waals surface area (Å²) in [5.41, 5.74) is 3.79. The Balaban J connectivity index is 1.43. The van der Waals surface area contributed by atoms with E-state index in [4.69, 9.17) is 0 Å². The van der Waals surface area contributed by atoms with Gasteiger partial charge in [-0.15, -0.1) is 10.2 Å². The van der Waals surface area contributed by atoms with Crippen molar-refractivity contribution in [2.45, 2.75) is 25.5 Å². The Bertz CT molecular complexity index is 1280. The van der Waals surface area contributed by atoms with Gasteiger partial charge in [0, 0.05) is 31.9 Å². The zero-order chi connectivity index (χ0) is 22.7. The van der Waals surface area contributed by atoms with Crippen molar-refractivity contribution in [3.8, 4) is 11.5 Å². The van der Waals surface area contributed by atoms with Crippen LogP contribution in [0, 0.1) is 0 Å². The number of aryl methyl sites for hydroxylation is 1. The Hall–Kier alpha value is -3.73. The summed E-state index contributed by atoms with van der Waals surface area (Å²) in [5, 5.41) is 14.7. The van der Waals surface area contributed by atoms with Gasteiger partial charge in [0.25, 0.3) is 0 Å². The summed E-state index contributed by atoms with van der Waals surface area (Å²) in [4.78, 5) is 32.3. The third-order valence-corrected chi connectivity index (χ3v) is 5.66. The van der Waals surface area contributed by atoms with E-state index in [0.717, 1.165) is 11.0 Å². The Morgan fingerprint density at radius 2 is 1.78 bits per heavy atom. The number of hydrogen-bond donors (Lipinski definition) is 2. The molecule has 10 nitrogen and oxygen atoms in total. The second-order valence-corrected chi connectivity index (χ2v) is 8.00. The number of fused-ring (bicyclic) bond motifs is 1. The highest BCUT2D eigenvalue weighted by atomic mass is 32.2. The molecule has 1 aromatic carbocycles. The van der Waals surface area contributed by atoms with E-state index in [1.165, 1.54) is 18.7 Å². The van der Waals surface area contributed by atoms with Crippen molar-refractivity contribution in [2.24, 2.45) is 7.05 Å². The van der Waals surface area contributed by atoms with Gasteiger partial charge in [-0.2, -0.15) is 0 Å². The molecule has 0 saturated carbocycles. The number of hydrogen-bond acceptors (Lipinski definition) is 7. The second-order valence-electron chi connectivity index (χ2n) is 7.06. The molecule has 0 spiro atoms. The topological polar surface area (TPSA) is 120 Å². The molecule has 0 aliphatic heterocycles. The standard InChI is InChI=1S/C21H22N8O2S/c1-4-29-20(16-9-18-17(10-22-16)23-12-28(18)3)26-27-21(29)32-11-19(31)25-15-7-5-14(6-8-15)24-13(2)30/h5-10,12H,4,11H2,1-3H3,(H,24,30)(H,25,31). The lowest BCUT2D eigenvalue weighted by Gasteiger charge is -2.08. The van der Waals surface area contributed by atoms with Gasteiger partial charge in [-0.05, 0) is 37.3 Å². The third kappa shape index (κ3) is 4.62. The molecule has 4 rings (SSSR count). The molecule has 0 aliphatic rings. The monoisotopic (exact) mass is 450 g/mol. The van der Waals surface area contributed by atoms with Gasteiger partial charge >= 0.3 is 0 Å². The zero-order valence-electron chi connectivity index (χ0n) is 17.9.